The predicted octanol–water partition coefficient (Wildman–Crippen LogP) is 5.95. The first-order valence-electron chi connectivity index (χ1n) is 10.2. The maximum atomic E-state index is 13.3. The molecule has 3 aromatic carbocycles. The predicted molar refractivity (Wildman–Crippen MR) is 119 cm³/mol. The molecule has 0 aliphatic carbocycles. The lowest BCUT2D eigenvalue weighted by molar-refractivity contribution is -0.137. The first kappa shape index (κ1) is 22.7. The van der Waals surface area contributed by atoms with Gasteiger partial charge in [0.25, 0.3) is 0 Å². The minimum absolute atomic E-state index is 0.147. The number of hydrogen-bond acceptors (Lipinski definition) is 3. The second-order valence-electron chi connectivity index (χ2n) is 7.81. The average Bonchev–Trinajstić information content (AvgIpc) is 2.74. The molecule has 6 heteroatoms. The SMILES string of the molecule is Cc1ccc(CNc2cc(C(F)(F)F)ccc2NC(CO)Cc2ccc(C)cc2)cc1. The van der Waals surface area contributed by atoms with E-state index in [4.69, 9.17) is 0 Å². The maximum absolute atomic E-state index is 13.3. The van der Waals surface area contributed by atoms with E-state index in [9.17, 15) is 18.3 Å². The third kappa shape index (κ3) is 6.49. The van der Waals surface area contributed by atoms with Crippen molar-refractivity contribution in [2.75, 3.05) is 17.2 Å². The molecule has 0 amide bonds. The lowest BCUT2D eigenvalue weighted by Crippen LogP contribution is -2.27. The van der Waals surface area contributed by atoms with Crippen LogP contribution in [0.25, 0.3) is 0 Å². The Labute approximate surface area is 180 Å². The van der Waals surface area contributed by atoms with Crippen LogP contribution in [0.2, 0.25) is 0 Å². The van der Waals surface area contributed by atoms with E-state index in [1.54, 1.807) is 0 Å². The second kappa shape index (κ2) is 9.88. The summed E-state index contributed by atoms with van der Waals surface area (Å²) in [4.78, 5) is 0. The van der Waals surface area contributed by atoms with Crippen LogP contribution in [0.3, 0.4) is 0 Å². The van der Waals surface area contributed by atoms with Crippen molar-refractivity contribution in [3.8, 4) is 0 Å². The van der Waals surface area contributed by atoms with Crippen LogP contribution in [-0.2, 0) is 19.1 Å². The van der Waals surface area contributed by atoms with Crippen LogP contribution >= 0.6 is 0 Å². The smallest absolute Gasteiger partial charge is 0.394 e. The van der Waals surface area contributed by atoms with Crippen molar-refractivity contribution in [3.05, 3.63) is 94.5 Å². The molecule has 1 atom stereocenters. The molecule has 0 bridgehead atoms. The molecule has 0 spiro atoms. The fourth-order valence-corrected chi connectivity index (χ4v) is 3.29. The van der Waals surface area contributed by atoms with Crippen molar-refractivity contribution in [2.24, 2.45) is 0 Å². The Morgan fingerprint density at radius 2 is 1.39 bits per heavy atom. The Bertz CT molecular complexity index is 983. The molecule has 3 nitrogen and oxygen atoms in total. The van der Waals surface area contributed by atoms with Gasteiger partial charge in [0.15, 0.2) is 0 Å². The number of rotatable bonds is 8. The standard InChI is InChI=1S/C25H27F3N2O/c1-17-3-7-19(8-4-17)13-22(16-31)30-23-12-11-21(25(26,27)28)14-24(23)29-15-20-9-5-18(2)6-10-20/h3-12,14,22,29-31H,13,15-16H2,1-2H3. The minimum Gasteiger partial charge on any atom is -0.394 e. The molecule has 0 radical (unpaired) electrons. The fraction of sp³-hybridized carbons (Fsp3) is 0.280. The third-order valence-electron chi connectivity index (χ3n) is 5.13. The van der Waals surface area contributed by atoms with Gasteiger partial charge in [-0.25, -0.2) is 0 Å². The zero-order valence-electron chi connectivity index (χ0n) is 17.6. The van der Waals surface area contributed by atoms with Gasteiger partial charge in [0.1, 0.15) is 0 Å². The molecule has 3 rings (SSSR count). The van der Waals surface area contributed by atoms with Crippen molar-refractivity contribution in [1.82, 2.24) is 0 Å². The van der Waals surface area contributed by atoms with Gasteiger partial charge < -0.3 is 15.7 Å². The number of aliphatic hydroxyl groups is 1. The zero-order valence-corrected chi connectivity index (χ0v) is 17.6. The molecular weight excluding hydrogens is 401 g/mol. The molecule has 0 aliphatic rings. The van der Waals surface area contributed by atoms with Crippen LogP contribution in [0.4, 0.5) is 24.5 Å². The lowest BCUT2D eigenvalue weighted by Gasteiger charge is -2.22. The highest BCUT2D eigenvalue weighted by Gasteiger charge is 2.31. The van der Waals surface area contributed by atoms with Gasteiger partial charge in [0.2, 0.25) is 0 Å². The Kier molecular flexibility index (Phi) is 7.23. The largest absolute Gasteiger partial charge is 0.416 e. The Hall–Kier alpha value is -2.99. The van der Waals surface area contributed by atoms with Crippen molar-refractivity contribution in [2.45, 2.75) is 39.0 Å². The van der Waals surface area contributed by atoms with Crippen LogP contribution < -0.4 is 10.6 Å². The van der Waals surface area contributed by atoms with Crippen molar-refractivity contribution >= 4 is 11.4 Å². The highest BCUT2D eigenvalue weighted by atomic mass is 19.4. The topological polar surface area (TPSA) is 44.3 Å². The summed E-state index contributed by atoms with van der Waals surface area (Å²) < 4.78 is 39.8. The molecule has 31 heavy (non-hydrogen) atoms. The summed E-state index contributed by atoms with van der Waals surface area (Å²) in [7, 11) is 0. The summed E-state index contributed by atoms with van der Waals surface area (Å²) in [6.45, 7) is 4.22. The summed E-state index contributed by atoms with van der Waals surface area (Å²) in [5.74, 6) is 0. The summed E-state index contributed by atoms with van der Waals surface area (Å²) in [5.41, 5.74) is 4.41. The van der Waals surface area contributed by atoms with Gasteiger partial charge in [-0.3, -0.25) is 0 Å². The molecule has 1 unspecified atom stereocenters. The van der Waals surface area contributed by atoms with Crippen LogP contribution in [-0.4, -0.2) is 17.8 Å². The fourth-order valence-electron chi connectivity index (χ4n) is 3.29. The normalized spacial score (nSPS) is 12.5. The number of halogens is 3. The zero-order chi connectivity index (χ0) is 22.4. The molecule has 0 heterocycles. The van der Waals surface area contributed by atoms with E-state index in [-0.39, 0.29) is 12.6 Å². The molecule has 0 aromatic heterocycles. The van der Waals surface area contributed by atoms with Crippen molar-refractivity contribution < 1.29 is 18.3 Å². The van der Waals surface area contributed by atoms with Gasteiger partial charge in [-0.2, -0.15) is 13.2 Å². The number of aryl methyl sites for hydroxylation is 2. The van der Waals surface area contributed by atoms with E-state index in [1.807, 2.05) is 62.4 Å². The third-order valence-corrected chi connectivity index (χ3v) is 5.13. The summed E-state index contributed by atoms with van der Waals surface area (Å²) in [5, 5.41) is 16.2. The molecule has 0 aliphatic heterocycles. The first-order chi connectivity index (χ1) is 14.7. The van der Waals surface area contributed by atoms with E-state index >= 15 is 0 Å². The number of aliphatic hydroxyl groups excluding tert-OH is 1. The summed E-state index contributed by atoms with van der Waals surface area (Å²) >= 11 is 0. The monoisotopic (exact) mass is 428 g/mol. The summed E-state index contributed by atoms with van der Waals surface area (Å²) in [6, 6.07) is 19.0. The lowest BCUT2D eigenvalue weighted by atomic mass is 10.0. The van der Waals surface area contributed by atoms with Gasteiger partial charge in [0.05, 0.1) is 29.6 Å². The van der Waals surface area contributed by atoms with Crippen LogP contribution in [0.15, 0.2) is 66.7 Å². The highest BCUT2D eigenvalue weighted by Crippen LogP contribution is 2.34. The first-order valence-corrected chi connectivity index (χ1v) is 10.2. The molecule has 0 fully saturated rings. The molecule has 3 N–H and O–H groups in total. The van der Waals surface area contributed by atoms with Crippen molar-refractivity contribution in [3.63, 3.8) is 0 Å². The number of alkyl halides is 3. The quantitative estimate of drug-likeness (QED) is 0.415. The Balaban J connectivity index is 1.81. The van der Waals surface area contributed by atoms with E-state index in [0.29, 0.717) is 24.3 Å². The number of anilines is 2. The van der Waals surface area contributed by atoms with E-state index in [1.165, 1.54) is 6.07 Å². The second-order valence-corrected chi connectivity index (χ2v) is 7.81. The van der Waals surface area contributed by atoms with Crippen molar-refractivity contribution in [1.29, 1.82) is 0 Å². The number of benzene rings is 3. The van der Waals surface area contributed by atoms with Gasteiger partial charge in [-0.05, 0) is 49.6 Å². The minimum atomic E-state index is -4.43. The van der Waals surface area contributed by atoms with Gasteiger partial charge in [-0.1, -0.05) is 59.7 Å². The molecule has 0 saturated heterocycles. The highest BCUT2D eigenvalue weighted by molar-refractivity contribution is 5.70. The van der Waals surface area contributed by atoms with E-state index < -0.39 is 11.7 Å². The van der Waals surface area contributed by atoms with Crippen LogP contribution in [0.5, 0.6) is 0 Å². The number of hydrogen-bond donors (Lipinski definition) is 3. The average molecular weight is 428 g/mol. The van der Waals surface area contributed by atoms with Gasteiger partial charge in [0, 0.05) is 6.54 Å². The Morgan fingerprint density at radius 3 is 1.94 bits per heavy atom. The Morgan fingerprint density at radius 1 is 0.806 bits per heavy atom. The van der Waals surface area contributed by atoms with E-state index in [2.05, 4.69) is 10.6 Å². The van der Waals surface area contributed by atoms with Crippen LogP contribution in [0.1, 0.15) is 27.8 Å². The van der Waals surface area contributed by atoms with Gasteiger partial charge >= 0.3 is 6.18 Å². The van der Waals surface area contributed by atoms with Gasteiger partial charge in [-0.15, -0.1) is 0 Å². The molecule has 0 saturated carbocycles. The van der Waals surface area contributed by atoms with E-state index in [0.717, 1.165) is 34.4 Å². The van der Waals surface area contributed by atoms with Crippen LogP contribution in [0, 0.1) is 13.8 Å². The molecule has 164 valence electrons. The number of nitrogens with one attached hydrogen (secondary N) is 2. The maximum Gasteiger partial charge on any atom is 0.416 e. The summed E-state index contributed by atoms with van der Waals surface area (Å²) in [6.07, 6.45) is -3.88. The molecular formula is C25H27F3N2O. The molecule has 3 aromatic rings.